The molecule has 0 amide bonds. The van der Waals surface area contributed by atoms with Gasteiger partial charge in [-0.05, 0) is 0 Å². The average Bonchev–Trinajstić information content (AvgIpc) is 3.54. The van der Waals surface area contributed by atoms with E-state index < -0.39 is 27.4 Å². The van der Waals surface area contributed by atoms with Crippen LogP contribution in [0, 0.1) is 0 Å². The summed E-state index contributed by atoms with van der Waals surface area (Å²) in [7, 11) is 15.3. The molecule has 0 fully saturated rings. The predicted octanol–water partition coefficient (Wildman–Crippen LogP) is 9.64. The van der Waals surface area contributed by atoms with E-state index in [-0.39, 0.29) is 14.5 Å². The van der Waals surface area contributed by atoms with Crippen molar-refractivity contribution in [3.8, 4) is 22.3 Å². The van der Waals surface area contributed by atoms with Gasteiger partial charge in [0.05, 0.1) is 0 Å². The molecule has 4 aromatic carbocycles. The van der Waals surface area contributed by atoms with E-state index in [1.54, 1.807) is 0 Å². The van der Waals surface area contributed by atoms with Crippen molar-refractivity contribution in [2.45, 2.75) is 89.1 Å². The van der Waals surface area contributed by atoms with Crippen LogP contribution in [0.2, 0.25) is 0 Å². The van der Waals surface area contributed by atoms with Crippen molar-refractivity contribution in [1.29, 1.82) is 0 Å². The zero-order chi connectivity index (χ0) is 31.6. The first kappa shape index (κ1) is 32.2. The third-order valence-electron chi connectivity index (χ3n) is 9.82. The van der Waals surface area contributed by atoms with Gasteiger partial charge < -0.3 is 0 Å². The Morgan fingerprint density at radius 3 is 2.07 bits per heavy atom. The third-order valence-corrected chi connectivity index (χ3v) is 24.2. The fourth-order valence-corrected chi connectivity index (χ4v) is 24.3. The molecular formula is C40H46Cl2SiZr. The van der Waals surface area contributed by atoms with Crippen LogP contribution in [0.15, 0.2) is 78.4 Å². The maximum absolute atomic E-state index is 7.95. The molecule has 1 aliphatic carbocycles. The quantitative estimate of drug-likeness (QED) is 0.154. The van der Waals surface area contributed by atoms with E-state index in [2.05, 4.69) is 134 Å². The number of hydrogen-bond acceptors (Lipinski definition) is 0. The molecule has 44 heavy (non-hydrogen) atoms. The monoisotopic (exact) mass is 714 g/mol. The van der Waals surface area contributed by atoms with Crippen molar-refractivity contribution >= 4 is 46.3 Å². The number of fused-ring (bicyclic) bond motifs is 4. The van der Waals surface area contributed by atoms with E-state index in [4.69, 9.17) is 17.0 Å². The predicted molar refractivity (Wildman–Crippen MR) is 195 cm³/mol. The van der Waals surface area contributed by atoms with Gasteiger partial charge in [0.2, 0.25) is 0 Å². The van der Waals surface area contributed by atoms with Crippen LogP contribution in [-0.4, -0.2) is 9.52 Å². The van der Waals surface area contributed by atoms with Gasteiger partial charge in [-0.15, -0.1) is 0 Å². The van der Waals surface area contributed by atoms with Crippen LogP contribution in [0.1, 0.15) is 99.7 Å². The molecule has 4 heteroatoms. The molecule has 228 valence electrons. The Bertz CT molecular complexity index is 1750. The van der Waals surface area contributed by atoms with E-state index in [1.165, 1.54) is 69.3 Å². The van der Waals surface area contributed by atoms with Gasteiger partial charge in [0, 0.05) is 0 Å². The molecule has 6 rings (SSSR count). The van der Waals surface area contributed by atoms with Crippen LogP contribution in [0.4, 0.5) is 0 Å². The van der Waals surface area contributed by atoms with Gasteiger partial charge in [-0.25, -0.2) is 0 Å². The van der Waals surface area contributed by atoms with Crippen molar-refractivity contribution in [3.63, 3.8) is 0 Å². The van der Waals surface area contributed by atoms with Gasteiger partial charge in [-0.3, -0.25) is 0 Å². The topological polar surface area (TPSA) is 0 Å². The molecule has 0 nitrogen and oxygen atoms in total. The molecule has 1 heterocycles. The second-order valence-corrected chi connectivity index (χ2v) is 30.8. The summed E-state index contributed by atoms with van der Waals surface area (Å²) < 4.78 is 1.43. The molecule has 0 radical (unpaired) electrons. The number of allylic oxidation sites excluding steroid dienone is 1. The molecule has 4 aromatic rings. The molecule has 1 aliphatic heterocycles. The van der Waals surface area contributed by atoms with Gasteiger partial charge in [0.25, 0.3) is 0 Å². The minimum atomic E-state index is -4.01. The zero-order valence-electron chi connectivity index (χ0n) is 27.7. The van der Waals surface area contributed by atoms with Crippen LogP contribution in [-0.2, 0) is 35.1 Å². The van der Waals surface area contributed by atoms with Crippen molar-refractivity contribution < 1.29 is 17.9 Å². The van der Waals surface area contributed by atoms with E-state index in [0.29, 0.717) is 0 Å². The van der Waals surface area contributed by atoms with Gasteiger partial charge in [0.15, 0.2) is 0 Å². The molecule has 2 aliphatic rings. The molecule has 0 saturated carbocycles. The molecule has 0 N–H and O–H groups in total. The van der Waals surface area contributed by atoms with E-state index in [0.717, 1.165) is 19.3 Å². The Balaban J connectivity index is 1.56. The standard InChI is InChI=1S/C28H37.C12H9Si.2ClH.Zr/c1-9-11-19-14-21-13-12-20(10-2)26(25(21)15-19)22-16-23(27(3,4)5)18-24(17-22)28(6,7)8;1-3-7-11-9(5-1)10-6-2-4-8-12(10)13-11;;;/h12-18H,9-11H2,1-8H3;1-7H,13H2;2*1H;/q;;;;+2/p-2. The SMILES string of the molecule is CCCC1=Cc2c(ccc(CC)c2-c2cc(C(C)(C)C)cc(C(C)(C)C)c2)[CH]1[Zr]([Cl])([Cl])[c]1cccc2c1[SiH2]c1ccccc1-2. The number of aryl methyl sites for hydroxylation is 1. The molecule has 1 atom stereocenters. The minimum absolute atomic E-state index is 0.0547. The van der Waals surface area contributed by atoms with Crippen LogP contribution in [0.25, 0.3) is 28.3 Å². The molecular weight excluding hydrogens is 671 g/mol. The van der Waals surface area contributed by atoms with Crippen molar-refractivity contribution in [2.24, 2.45) is 0 Å². The zero-order valence-corrected chi connectivity index (χ0v) is 33.1. The summed E-state index contributed by atoms with van der Waals surface area (Å²) in [5.74, 6) is 0. The maximum atomic E-state index is 7.95. The summed E-state index contributed by atoms with van der Waals surface area (Å²) in [6, 6.07) is 27.8. The van der Waals surface area contributed by atoms with E-state index >= 15 is 0 Å². The Morgan fingerprint density at radius 2 is 1.43 bits per heavy atom. The van der Waals surface area contributed by atoms with E-state index in [1.807, 2.05) is 0 Å². The first-order chi connectivity index (χ1) is 20.8. The number of hydrogen-bond donors (Lipinski definition) is 0. The Kier molecular flexibility index (Phi) is 8.67. The molecule has 0 spiro atoms. The number of halogens is 2. The molecule has 0 aromatic heterocycles. The van der Waals surface area contributed by atoms with Crippen LogP contribution in [0.5, 0.6) is 0 Å². The summed E-state index contributed by atoms with van der Waals surface area (Å²) in [5.41, 5.74) is 13.9. The summed E-state index contributed by atoms with van der Waals surface area (Å²) >= 11 is -4.01. The molecule has 1 unspecified atom stereocenters. The van der Waals surface area contributed by atoms with Gasteiger partial charge in [-0.2, -0.15) is 0 Å². The second kappa shape index (κ2) is 11.8. The van der Waals surface area contributed by atoms with Crippen LogP contribution in [0.3, 0.4) is 0 Å². The van der Waals surface area contributed by atoms with Gasteiger partial charge >= 0.3 is 282 Å². The summed E-state index contributed by atoms with van der Waals surface area (Å²) in [6.07, 6.45) is 5.61. The Hall–Kier alpha value is -1.70. The summed E-state index contributed by atoms with van der Waals surface area (Å²) in [4.78, 5) is 0. The van der Waals surface area contributed by atoms with Crippen molar-refractivity contribution in [2.75, 3.05) is 0 Å². The average molecular weight is 717 g/mol. The van der Waals surface area contributed by atoms with Gasteiger partial charge in [-0.1, -0.05) is 0 Å². The van der Waals surface area contributed by atoms with Crippen LogP contribution >= 0.6 is 17.0 Å². The fraction of sp³-hybridized carbons (Fsp3) is 0.350. The van der Waals surface area contributed by atoms with Crippen molar-refractivity contribution in [3.05, 3.63) is 106 Å². The summed E-state index contributed by atoms with van der Waals surface area (Å²) in [5, 5.41) is 3.02. The van der Waals surface area contributed by atoms with Gasteiger partial charge in [0.1, 0.15) is 0 Å². The van der Waals surface area contributed by atoms with E-state index in [9.17, 15) is 0 Å². The number of benzene rings is 4. The van der Waals surface area contributed by atoms with Crippen LogP contribution < -0.4 is 13.6 Å². The third kappa shape index (κ3) is 5.61. The first-order valence-electron chi connectivity index (χ1n) is 16.4. The summed E-state index contributed by atoms with van der Waals surface area (Å²) in [6.45, 7) is 18.5. The second-order valence-electron chi connectivity index (χ2n) is 14.9. The fourth-order valence-electron chi connectivity index (χ4n) is 7.39. The Morgan fingerprint density at radius 1 is 0.773 bits per heavy atom. The normalized spacial score (nSPS) is 16.6. The molecule has 0 saturated heterocycles. The number of rotatable bonds is 6. The van der Waals surface area contributed by atoms with Crippen molar-refractivity contribution in [1.82, 2.24) is 0 Å². The molecule has 0 bridgehead atoms. The first-order valence-corrected chi connectivity index (χ1v) is 26.8. The Labute approximate surface area is 279 Å².